The van der Waals surface area contributed by atoms with Gasteiger partial charge in [-0.15, -0.1) is 0 Å². The molecule has 3 nitrogen and oxygen atoms in total. The minimum Gasteiger partial charge on any atom is -0.335 e. The van der Waals surface area contributed by atoms with E-state index in [-0.39, 0.29) is 11.0 Å². The number of fused-ring (bicyclic) bond motifs is 1. The van der Waals surface area contributed by atoms with Crippen molar-refractivity contribution in [2.75, 3.05) is 5.32 Å². The third kappa shape index (κ3) is 4.12. The second kappa shape index (κ2) is 7.80. The smallest absolute Gasteiger partial charge is 0.166 e. The van der Waals surface area contributed by atoms with Gasteiger partial charge in [-0.25, -0.2) is 4.99 Å². The van der Waals surface area contributed by atoms with Gasteiger partial charge in [0.2, 0.25) is 0 Å². The molecule has 1 atom stereocenters. The highest BCUT2D eigenvalue weighted by atomic mass is 32.2. The molecule has 3 aromatic carbocycles. The predicted molar refractivity (Wildman–Crippen MR) is 114 cm³/mol. The van der Waals surface area contributed by atoms with Crippen LogP contribution in [0, 0.1) is 6.92 Å². The van der Waals surface area contributed by atoms with Crippen LogP contribution in [0.1, 0.15) is 33.2 Å². The van der Waals surface area contributed by atoms with Gasteiger partial charge in [-0.05, 0) is 36.8 Å². The summed E-state index contributed by atoms with van der Waals surface area (Å²) in [7, 11) is 0. The maximum atomic E-state index is 12.9. The molecule has 1 aliphatic rings. The Labute approximate surface area is 163 Å². The number of nitrogens with zero attached hydrogens (tertiary/aromatic N) is 1. The van der Waals surface area contributed by atoms with E-state index >= 15 is 0 Å². The van der Waals surface area contributed by atoms with Crippen molar-refractivity contribution in [1.29, 1.82) is 0 Å². The molecule has 1 N–H and O–H groups in total. The molecule has 0 saturated carbocycles. The number of hydrogen-bond acceptors (Lipinski definition) is 4. The van der Waals surface area contributed by atoms with Gasteiger partial charge in [-0.2, -0.15) is 0 Å². The summed E-state index contributed by atoms with van der Waals surface area (Å²) in [5, 5.41) is 4.24. The zero-order valence-electron chi connectivity index (χ0n) is 15.1. The lowest BCUT2D eigenvalue weighted by Gasteiger charge is -2.24. The molecule has 27 heavy (non-hydrogen) atoms. The van der Waals surface area contributed by atoms with Crippen molar-refractivity contribution in [2.24, 2.45) is 4.99 Å². The molecular formula is C23H20N2OS. The first-order valence-electron chi connectivity index (χ1n) is 8.95. The van der Waals surface area contributed by atoms with Gasteiger partial charge < -0.3 is 5.32 Å². The summed E-state index contributed by atoms with van der Waals surface area (Å²) in [5.74, 6) is 0.159. The Morgan fingerprint density at radius 2 is 1.78 bits per heavy atom. The molecule has 3 aromatic rings. The van der Waals surface area contributed by atoms with Gasteiger partial charge in [0.1, 0.15) is 0 Å². The Hall–Kier alpha value is -2.85. The Balaban J connectivity index is 1.59. The van der Waals surface area contributed by atoms with Gasteiger partial charge in [-0.3, -0.25) is 4.79 Å². The number of thioether (sulfide) groups is 1. The molecule has 0 amide bonds. The topological polar surface area (TPSA) is 41.5 Å². The molecule has 4 heteroatoms. The number of anilines is 1. The van der Waals surface area contributed by atoms with Crippen LogP contribution < -0.4 is 5.32 Å². The molecular weight excluding hydrogens is 352 g/mol. The fraction of sp³-hybridized carbons (Fsp3) is 0.130. The standard InChI is InChI=1S/C23H20N2OS/c1-16-8-7-9-17(14-16)21(26)15-22-19-12-5-6-13-20(19)25-23(27-22)24-18-10-3-2-4-11-18/h2-14,22H,15H2,1H3,(H,24,25). The van der Waals surface area contributed by atoms with Gasteiger partial charge in [0.15, 0.2) is 11.0 Å². The number of Topliss-reactive ketones (excluding diaryl/α,β-unsaturated/α-hetero) is 1. The maximum Gasteiger partial charge on any atom is 0.166 e. The van der Waals surface area contributed by atoms with Crippen LogP contribution >= 0.6 is 11.8 Å². The van der Waals surface area contributed by atoms with E-state index in [1.165, 1.54) is 0 Å². The zero-order valence-corrected chi connectivity index (χ0v) is 15.9. The van der Waals surface area contributed by atoms with Crippen molar-refractivity contribution in [3.63, 3.8) is 0 Å². The van der Waals surface area contributed by atoms with Gasteiger partial charge in [0.05, 0.1) is 5.69 Å². The number of carbonyl (C=O) groups is 1. The van der Waals surface area contributed by atoms with E-state index in [9.17, 15) is 4.79 Å². The average Bonchev–Trinajstić information content (AvgIpc) is 2.69. The molecule has 0 bridgehead atoms. The minimum absolute atomic E-state index is 0.0397. The van der Waals surface area contributed by atoms with E-state index < -0.39 is 0 Å². The highest BCUT2D eigenvalue weighted by Gasteiger charge is 2.26. The Kier molecular flexibility index (Phi) is 5.07. The molecule has 1 heterocycles. The molecule has 1 unspecified atom stereocenters. The van der Waals surface area contributed by atoms with Crippen LogP contribution in [0.5, 0.6) is 0 Å². The summed E-state index contributed by atoms with van der Waals surface area (Å²) < 4.78 is 0. The number of hydrogen-bond donors (Lipinski definition) is 1. The molecule has 0 aliphatic carbocycles. The average molecular weight is 372 g/mol. The Morgan fingerprint density at radius 1 is 1.00 bits per heavy atom. The summed E-state index contributed by atoms with van der Waals surface area (Å²) in [6, 6.07) is 25.9. The highest BCUT2D eigenvalue weighted by Crippen LogP contribution is 2.43. The van der Waals surface area contributed by atoms with Crippen LogP contribution in [-0.4, -0.2) is 11.0 Å². The third-order valence-electron chi connectivity index (χ3n) is 4.50. The first-order valence-corrected chi connectivity index (χ1v) is 9.83. The second-order valence-corrected chi connectivity index (χ2v) is 7.76. The lowest BCUT2D eigenvalue weighted by atomic mass is 10.00. The third-order valence-corrected chi connectivity index (χ3v) is 5.62. The summed E-state index contributed by atoms with van der Waals surface area (Å²) in [6.07, 6.45) is 0.445. The number of ketones is 1. The van der Waals surface area contributed by atoms with Crippen molar-refractivity contribution in [1.82, 2.24) is 0 Å². The van der Waals surface area contributed by atoms with Crippen LogP contribution in [-0.2, 0) is 0 Å². The lowest BCUT2D eigenvalue weighted by molar-refractivity contribution is 0.0982. The number of amidine groups is 1. The number of aliphatic imine (C=N–C) groups is 1. The lowest BCUT2D eigenvalue weighted by Crippen LogP contribution is -2.16. The van der Waals surface area contributed by atoms with E-state index in [0.717, 1.165) is 33.2 Å². The molecule has 134 valence electrons. The van der Waals surface area contributed by atoms with Crippen LogP contribution in [0.4, 0.5) is 11.4 Å². The maximum absolute atomic E-state index is 12.9. The van der Waals surface area contributed by atoms with E-state index in [4.69, 9.17) is 4.99 Å². The number of benzene rings is 3. The van der Waals surface area contributed by atoms with Crippen molar-refractivity contribution < 1.29 is 4.79 Å². The van der Waals surface area contributed by atoms with Crippen LogP contribution in [0.15, 0.2) is 83.9 Å². The molecule has 1 aliphatic heterocycles. The van der Waals surface area contributed by atoms with Gasteiger partial charge in [0, 0.05) is 22.9 Å². The van der Waals surface area contributed by atoms with Crippen LogP contribution in [0.2, 0.25) is 0 Å². The first kappa shape index (κ1) is 17.6. The number of rotatable bonds is 4. The fourth-order valence-electron chi connectivity index (χ4n) is 3.15. The summed E-state index contributed by atoms with van der Waals surface area (Å²) in [4.78, 5) is 17.6. The molecule has 0 radical (unpaired) electrons. The first-order chi connectivity index (χ1) is 13.2. The van der Waals surface area contributed by atoms with E-state index in [0.29, 0.717) is 6.42 Å². The quantitative estimate of drug-likeness (QED) is 0.558. The molecule has 0 saturated heterocycles. The van der Waals surface area contributed by atoms with E-state index in [1.807, 2.05) is 79.7 Å². The van der Waals surface area contributed by atoms with Crippen LogP contribution in [0.3, 0.4) is 0 Å². The van der Waals surface area contributed by atoms with Crippen molar-refractivity contribution in [2.45, 2.75) is 18.6 Å². The van der Waals surface area contributed by atoms with E-state index in [1.54, 1.807) is 11.8 Å². The number of carbonyl (C=O) groups excluding carboxylic acids is 1. The summed E-state index contributed by atoms with van der Waals surface area (Å²) in [5.41, 5.74) is 4.91. The van der Waals surface area contributed by atoms with Crippen LogP contribution in [0.25, 0.3) is 0 Å². The number of nitrogens with one attached hydrogen (secondary N) is 1. The zero-order chi connectivity index (χ0) is 18.6. The molecule has 0 aromatic heterocycles. The van der Waals surface area contributed by atoms with Gasteiger partial charge in [0.25, 0.3) is 0 Å². The Morgan fingerprint density at radius 3 is 2.59 bits per heavy atom. The largest absolute Gasteiger partial charge is 0.335 e. The summed E-state index contributed by atoms with van der Waals surface area (Å²) >= 11 is 1.61. The van der Waals surface area contributed by atoms with Crippen molar-refractivity contribution in [3.8, 4) is 0 Å². The monoisotopic (exact) mass is 372 g/mol. The van der Waals surface area contributed by atoms with Crippen molar-refractivity contribution in [3.05, 3.63) is 95.6 Å². The summed E-state index contributed by atoms with van der Waals surface area (Å²) in [6.45, 7) is 2.01. The highest BCUT2D eigenvalue weighted by molar-refractivity contribution is 8.14. The Bertz CT molecular complexity index is 998. The molecule has 0 spiro atoms. The molecule has 0 fully saturated rings. The minimum atomic E-state index is 0.0397. The molecule has 4 rings (SSSR count). The SMILES string of the molecule is Cc1cccc(C(=O)CC2SC(Nc3ccccc3)=Nc3ccccc32)c1. The predicted octanol–water partition coefficient (Wildman–Crippen LogP) is 6.16. The van der Waals surface area contributed by atoms with E-state index in [2.05, 4.69) is 11.4 Å². The normalized spacial score (nSPS) is 15.6. The van der Waals surface area contributed by atoms with Gasteiger partial charge in [-0.1, -0.05) is 71.9 Å². The number of para-hydroxylation sites is 2. The second-order valence-electron chi connectivity index (χ2n) is 6.57. The van der Waals surface area contributed by atoms with Crippen molar-refractivity contribution >= 4 is 34.1 Å². The number of aryl methyl sites for hydroxylation is 1. The van der Waals surface area contributed by atoms with Gasteiger partial charge >= 0.3 is 0 Å². The fourth-order valence-corrected chi connectivity index (χ4v) is 4.31.